The van der Waals surface area contributed by atoms with Crippen LogP contribution in [0.15, 0.2) is 23.7 Å². The summed E-state index contributed by atoms with van der Waals surface area (Å²) >= 11 is 0. The Hall–Kier alpha value is -1.49. The number of rotatable bonds is 5. The molecule has 2 bridgehead atoms. The standard InChI is InChI=1S/C21H32N2O3/c1-4-5-16-18(25-2)12-21(13-19(16)26-3)8-11-23(20(21)24)17-14-22-9-6-15(17)7-10-22/h12-13,15-17H,4-11,14H2,1-3H3. The third-order valence-electron chi connectivity index (χ3n) is 6.98. The first kappa shape index (κ1) is 17.9. The van der Waals surface area contributed by atoms with Crippen molar-refractivity contribution in [1.82, 2.24) is 9.80 Å². The van der Waals surface area contributed by atoms with E-state index in [1.165, 1.54) is 25.9 Å². The lowest BCUT2D eigenvalue weighted by atomic mass is 9.77. The van der Waals surface area contributed by atoms with Gasteiger partial charge < -0.3 is 19.3 Å². The lowest BCUT2D eigenvalue weighted by Crippen LogP contribution is -2.58. The largest absolute Gasteiger partial charge is 0.501 e. The van der Waals surface area contributed by atoms with Crippen molar-refractivity contribution in [3.63, 3.8) is 0 Å². The fourth-order valence-corrected chi connectivity index (χ4v) is 5.52. The van der Waals surface area contributed by atoms with Gasteiger partial charge in [0.25, 0.3) is 0 Å². The summed E-state index contributed by atoms with van der Waals surface area (Å²) in [6, 6.07) is 0.386. The van der Waals surface area contributed by atoms with E-state index in [2.05, 4.69) is 28.9 Å². The molecule has 1 unspecified atom stereocenters. The van der Waals surface area contributed by atoms with E-state index in [-0.39, 0.29) is 11.8 Å². The molecule has 4 saturated heterocycles. The van der Waals surface area contributed by atoms with Crippen LogP contribution in [0.2, 0.25) is 0 Å². The van der Waals surface area contributed by atoms with E-state index >= 15 is 0 Å². The average molecular weight is 360 g/mol. The number of ether oxygens (including phenoxy) is 2. The molecule has 4 fully saturated rings. The van der Waals surface area contributed by atoms with E-state index in [1.807, 2.05) is 0 Å². The van der Waals surface area contributed by atoms with E-state index in [1.54, 1.807) is 14.2 Å². The van der Waals surface area contributed by atoms with Crippen LogP contribution < -0.4 is 0 Å². The first-order valence-electron chi connectivity index (χ1n) is 10.2. The summed E-state index contributed by atoms with van der Waals surface area (Å²) in [6.45, 7) is 6.46. The van der Waals surface area contributed by atoms with Gasteiger partial charge in [-0.25, -0.2) is 0 Å². The predicted molar refractivity (Wildman–Crippen MR) is 100 cm³/mol. The molecule has 0 radical (unpaired) electrons. The third-order valence-corrected chi connectivity index (χ3v) is 6.98. The molecule has 4 aliphatic heterocycles. The smallest absolute Gasteiger partial charge is 0.237 e. The van der Waals surface area contributed by atoms with Gasteiger partial charge in [0.2, 0.25) is 5.91 Å². The van der Waals surface area contributed by atoms with Crippen LogP contribution in [0.5, 0.6) is 0 Å². The maximum absolute atomic E-state index is 13.6. The Morgan fingerprint density at radius 1 is 1.12 bits per heavy atom. The van der Waals surface area contributed by atoms with E-state index < -0.39 is 5.41 Å². The Bertz CT molecular complexity index is 597. The molecule has 1 aliphatic carbocycles. The summed E-state index contributed by atoms with van der Waals surface area (Å²) in [5.41, 5.74) is -0.576. The predicted octanol–water partition coefficient (Wildman–Crippen LogP) is 2.79. The first-order chi connectivity index (χ1) is 12.6. The molecule has 1 atom stereocenters. The molecule has 4 heterocycles. The lowest BCUT2D eigenvalue weighted by molar-refractivity contribution is -0.138. The van der Waals surface area contributed by atoms with Gasteiger partial charge in [0.1, 0.15) is 11.5 Å². The van der Waals surface area contributed by atoms with Gasteiger partial charge in [-0.2, -0.15) is 0 Å². The zero-order valence-electron chi connectivity index (χ0n) is 16.4. The zero-order valence-corrected chi connectivity index (χ0v) is 16.4. The van der Waals surface area contributed by atoms with Crippen molar-refractivity contribution in [2.45, 2.75) is 45.1 Å². The second-order valence-electron chi connectivity index (χ2n) is 8.34. The molecule has 0 saturated carbocycles. The van der Waals surface area contributed by atoms with Crippen LogP contribution in [0.25, 0.3) is 0 Å². The molecule has 5 nitrogen and oxygen atoms in total. The van der Waals surface area contributed by atoms with E-state index in [0.717, 1.165) is 43.9 Å². The van der Waals surface area contributed by atoms with Crippen molar-refractivity contribution in [3.8, 4) is 0 Å². The van der Waals surface area contributed by atoms with Crippen LogP contribution in [0.4, 0.5) is 0 Å². The number of piperidine rings is 3. The van der Waals surface area contributed by atoms with Crippen LogP contribution in [-0.4, -0.2) is 62.1 Å². The van der Waals surface area contributed by atoms with Crippen molar-refractivity contribution >= 4 is 5.91 Å². The Balaban J connectivity index is 1.61. The molecule has 0 aromatic carbocycles. The van der Waals surface area contributed by atoms with Crippen LogP contribution >= 0.6 is 0 Å². The topological polar surface area (TPSA) is 42.0 Å². The Labute approximate surface area is 157 Å². The molecule has 1 amide bonds. The number of carbonyl (C=O) groups is 1. The number of nitrogens with zero attached hydrogens (tertiary/aromatic N) is 2. The molecule has 5 rings (SSSR count). The highest BCUT2D eigenvalue weighted by Crippen LogP contribution is 2.46. The molecule has 5 aliphatic rings. The normalized spacial score (nSPS) is 39.2. The minimum Gasteiger partial charge on any atom is -0.501 e. The van der Waals surface area contributed by atoms with Gasteiger partial charge in [0, 0.05) is 19.1 Å². The highest BCUT2D eigenvalue weighted by molar-refractivity contribution is 5.90. The molecule has 26 heavy (non-hydrogen) atoms. The van der Waals surface area contributed by atoms with Crippen molar-refractivity contribution in [2.75, 3.05) is 40.4 Å². The Morgan fingerprint density at radius 2 is 1.77 bits per heavy atom. The summed E-state index contributed by atoms with van der Waals surface area (Å²) < 4.78 is 11.4. The number of hydrogen-bond donors (Lipinski definition) is 0. The molecule has 144 valence electrons. The molecule has 1 spiro atoms. The van der Waals surface area contributed by atoms with Crippen LogP contribution in [0, 0.1) is 17.3 Å². The molecule has 0 aromatic heterocycles. The lowest BCUT2D eigenvalue weighted by Gasteiger charge is -2.48. The summed E-state index contributed by atoms with van der Waals surface area (Å²) in [5, 5.41) is 0. The van der Waals surface area contributed by atoms with Gasteiger partial charge >= 0.3 is 0 Å². The Morgan fingerprint density at radius 3 is 2.27 bits per heavy atom. The fraction of sp³-hybridized carbons (Fsp3) is 0.762. The van der Waals surface area contributed by atoms with E-state index in [4.69, 9.17) is 9.47 Å². The van der Waals surface area contributed by atoms with Crippen molar-refractivity contribution in [2.24, 2.45) is 17.3 Å². The monoisotopic (exact) mass is 360 g/mol. The summed E-state index contributed by atoms with van der Waals surface area (Å²) in [5.74, 6) is 2.85. The SMILES string of the molecule is CCCC1C(OC)=CC2(C=C1OC)CCN(C1CN3CCC1CC3)C2=O. The first-order valence-corrected chi connectivity index (χ1v) is 10.2. The van der Waals surface area contributed by atoms with Gasteiger partial charge in [-0.3, -0.25) is 4.79 Å². The number of carbonyl (C=O) groups excluding carboxylic acids is 1. The maximum atomic E-state index is 13.6. The van der Waals surface area contributed by atoms with Gasteiger partial charge in [-0.1, -0.05) is 13.3 Å². The van der Waals surface area contributed by atoms with Crippen LogP contribution in [0.1, 0.15) is 39.0 Å². The van der Waals surface area contributed by atoms with Crippen molar-refractivity contribution in [3.05, 3.63) is 23.7 Å². The second-order valence-corrected chi connectivity index (χ2v) is 8.34. The number of hydrogen-bond acceptors (Lipinski definition) is 4. The summed E-state index contributed by atoms with van der Waals surface area (Å²) in [6.07, 6.45) is 9.52. The molecule has 0 aromatic rings. The van der Waals surface area contributed by atoms with Crippen LogP contribution in [-0.2, 0) is 14.3 Å². The number of methoxy groups -OCH3 is 2. The van der Waals surface area contributed by atoms with Gasteiger partial charge in [-0.15, -0.1) is 0 Å². The minimum atomic E-state index is -0.576. The molecule has 0 N–H and O–H groups in total. The van der Waals surface area contributed by atoms with E-state index in [9.17, 15) is 4.79 Å². The van der Waals surface area contributed by atoms with Crippen LogP contribution in [0.3, 0.4) is 0 Å². The molecular formula is C21H32N2O3. The Kier molecular flexibility index (Phi) is 4.76. The third kappa shape index (κ3) is 2.75. The maximum Gasteiger partial charge on any atom is 0.237 e. The summed E-state index contributed by atoms with van der Waals surface area (Å²) in [7, 11) is 3.43. The highest BCUT2D eigenvalue weighted by atomic mass is 16.5. The number of fused-ring (bicyclic) bond motifs is 3. The van der Waals surface area contributed by atoms with Crippen molar-refractivity contribution < 1.29 is 14.3 Å². The quantitative estimate of drug-likeness (QED) is 0.756. The highest BCUT2D eigenvalue weighted by Gasteiger charge is 2.51. The average Bonchev–Trinajstić information content (AvgIpc) is 2.99. The number of likely N-dealkylation sites (tertiary alicyclic amines) is 1. The van der Waals surface area contributed by atoms with Crippen molar-refractivity contribution in [1.29, 1.82) is 0 Å². The number of amides is 1. The minimum absolute atomic E-state index is 0.138. The van der Waals surface area contributed by atoms with Gasteiger partial charge in [0.15, 0.2) is 0 Å². The summed E-state index contributed by atoms with van der Waals surface area (Å²) in [4.78, 5) is 18.2. The zero-order chi connectivity index (χ0) is 18.3. The molecule has 5 heteroatoms. The second kappa shape index (κ2) is 6.91. The van der Waals surface area contributed by atoms with Gasteiger partial charge in [-0.05, 0) is 56.8 Å². The fourth-order valence-electron chi connectivity index (χ4n) is 5.52. The molecular weight excluding hydrogens is 328 g/mol. The van der Waals surface area contributed by atoms with Gasteiger partial charge in [0.05, 0.1) is 25.6 Å². The van der Waals surface area contributed by atoms with E-state index in [0.29, 0.717) is 12.0 Å².